The summed E-state index contributed by atoms with van der Waals surface area (Å²) in [4.78, 5) is 4.34. The van der Waals surface area contributed by atoms with Crippen LogP contribution in [0.3, 0.4) is 0 Å². The maximum atomic E-state index is 14.1. The number of aromatic nitrogens is 2. The van der Waals surface area contributed by atoms with Gasteiger partial charge < -0.3 is 9.94 Å². The van der Waals surface area contributed by atoms with E-state index < -0.39 is 59.2 Å². The summed E-state index contributed by atoms with van der Waals surface area (Å²) in [6, 6.07) is 3.75. The van der Waals surface area contributed by atoms with Crippen molar-refractivity contribution in [2.45, 2.75) is 23.9 Å². The van der Waals surface area contributed by atoms with Gasteiger partial charge in [0.05, 0.1) is 28.7 Å². The Balaban J connectivity index is 2.17. The van der Waals surface area contributed by atoms with Crippen LogP contribution in [0, 0.1) is 11.6 Å². The summed E-state index contributed by atoms with van der Waals surface area (Å²) in [5.74, 6) is -24.4. The zero-order chi connectivity index (χ0) is 25.9. The van der Waals surface area contributed by atoms with Crippen molar-refractivity contribution >= 4 is 12.1 Å². The van der Waals surface area contributed by atoms with Crippen LogP contribution in [0.5, 0.6) is 0 Å². The predicted octanol–water partition coefficient (Wildman–Crippen LogP) is 3.04. The van der Waals surface area contributed by atoms with Crippen LogP contribution < -0.4 is 9.90 Å². The molecule has 1 heterocycles. The number of hydrogen-bond acceptors (Lipinski definition) is 5. The van der Waals surface area contributed by atoms with E-state index in [-0.39, 0.29) is 6.21 Å². The molecule has 186 valence electrons. The third kappa shape index (κ3) is 5.33. The lowest BCUT2D eigenvalue weighted by molar-refractivity contribution is -0.739. The molecule has 0 N–H and O–H groups in total. The minimum atomic E-state index is -7.13. The van der Waals surface area contributed by atoms with Crippen LogP contribution >= 0.6 is 0 Å². The lowest BCUT2D eigenvalue weighted by atomic mass is 10.1. The third-order valence-corrected chi connectivity index (χ3v) is 3.83. The summed E-state index contributed by atoms with van der Waals surface area (Å²) in [6.45, 7) is -2.80. The van der Waals surface area contributed by atoms with E-state index in [1.54, 1.807) is 0 Å². The maximum absolute atomic E-state index is 14.1. The monoisotopic (exact) mass is 510 g/mol. The first-order valence-electron chi connectivity index (χ1n) is 8.45. The van der Waals surface area contributed by atoms with Crippen molar-refractivity contribution < 1.29 is 63.0 Å². The molecule has 2 rings (SSSR count). The quantitative estimate of drug-likeness (QED) is 0.180. The van der Waals surface area contributed by atoms with E-state index in [2.05, 4.69) is 20.2 Å². The van der Waals surface area contributed by atoms with Crippen LogP contribution in [0.15, 0.2) is 46.9 Å². The molecular formula is C17H9F11N4O2. The smallest absolute Gasteiger partial charge is 0.460 e. The maximum Gasteiger partial charge on any atom is 0.460 e. The molecule has 6 nitrogen and oxygen atoms in total. The summed E-state index contributed by atoms with van der Waals surface area (Å²) >= 11 is 0. The molecule has 0 saturated carbocycles. The van der Waals surface area contributed by atoms with E-state index in [0.29, 0.717) is 12.1 Å². The van der Waals surface area contributed by atoms with Crippen molar-refractivity contribution in [1.82, 2.24) is 5.10 Å². The van der Waals surface area contributed by atoms with E-state index in [4.69, 9.17) is 0 Å². The molecule has 34 heavy (non-hydrogen) atoms. The van der Waals surface area contributed by atoms with E-state index in [1.807, 2.05) is 0 Å². The molecule has 0 radical (unpaired) electrons. The molecular weight excluding hydrogens is 501 g/mol. The number of rotatable bonds is 8. The van der Waals surface area contributed by atoms with Crippen LogP contribution in [0.4, 0.5) is 48.3 Å². The minimum Gasteiger partial charge on any atom is -0.854 e. The molecule has 1 aromatic heterocycles. The minimum absolute atomic E-state index is 0.000307. The molecule has 0 saturated heterocycles. The largest absolute Gasteiger partial charge is 0.854 e. The Labute approximate surface area is 181 Å². The molecule has 0 aliphatic carbocycles. The fourth-order valence-corrected chi connectivity index (χ4v) is 2.07. The molecule has 1 aromatic carbocycles. The van der Waals surface area contributed by atoms with Gasteiger partial charge in [0.15, 0.2) is 6.61 Å². The Morgan fingerprint density at radius 2 is 1.56 bits per heavy atom. The second-order valence-electron chi connectivity index (χ2n) is 6.24. The van der Waals surface area contributed by atoms with Gasteiger partial charge in [-0.2, -0.15) is 39.5 Å². The third-order valence-electron chi connectivity index (χ3n) is 3.83. The highest BCUT2D eigenvalue weighted by molar-refractivity contribution is 5.91. The lowest BCUT2D eigenvalue weighted by Crippen LogP contribution is -2.62. The standard InChI is InChI=1S/C17H9F11N4O2/c18-11-5-9(13(33)31-32-4-2-1-3-29-32)6-12(19)10(11)7-30-34-8-14(20,21)15(22,23)16(24,25)17(26,27)28/h1-7H,8H2/b30-7+. The van der Waals surface area contributed by atoms with Crippen LogP contribution in [0.25, 0.3) is 0 Å². The molecule has 0 aliphatic rings. The first kappa shape index (κ1) is 26.7. The number of oxime groups is 1. The highest BCUT2D eigenvalue weighted by Crippen LogP contribution is 2.53. The Bertz CT molecular complexity index is 1050. The van der Waals surface area contributed by atoms with Crippen molar-refractivity contribution in [3.8, 4) is 0 Å². The van der Waals surface area contributed by atoms with Crippen LogP contribution in [-0.4, -0.2) is 47.8 Å². The van der Waals surface area contributed by atoms with Gasteiger partial charge in [0.25, 0.3) is 0 Å². The van der Waals surface area contributed by atoms with Gasteiger partial charge in [-0.3, -0.25) is 0 Å². The molecule has 0 atom stereocenters. The molecule has 0 bridgehead atoms. The normalized spacial score (nSPS) is 14.0. The average Bonchev–Trinajstić information content (AvgIpc) is 2.72. The van der Waals surface area contributed by atoms with Crippen LogP contribution in [0.2, 0.25) is 0 Å². The second-order valence-corrected chi connectivity index (χ2v) is 6.24. The fourth-order valence-electron chi connectivity index (χ4n) is 2.07. The van der Waals surface area contributed by atoms with E-state index in [0.717, 1.165) is 4.79 Å². The average molecular weight is 510 g/mol. The van der Waals surface area contributed by atoms with Crippen molar-refractivity contribution in [2.24, 2.45) is 10.3 Å². The van der Waals surface area contributed by atoms with Crippen LogP contribution in [-0.2, 0) is 4.84 Å². The topological polar surface area (TPSA) is 73.8 Å². The SMILES string of the molecule is [O-]/C(=N\[n+]1ccccn1)c1cc(F)c(/C=N/OCC(F)(F)C(F)(F)C(F)(F)C(F)(F)F)c(F)c1. The molecule has 0 unspecified atom stereocenters. The van der Waals surface area contributed by atoms with Gasteiger partial charge in [0.1, 0.15) is 11.6 Å². The summed E-state index contributed by atoms with van der Waals surface area (Å²) in [5.41, 5.74) is -1.80. The van der Waals surface area contributed by atoms with E-state index in [9.17, 15) is 53.4 Å². The summed E-state index contributed by atoms with van der Waals surface area (Å²) < 4.78 is 142. The van der Waals surface area contributed by atoms with Crippen molar-refractivity contribution in [2.75, 3.05) is 6.61 Å². The number of alkyl halides is 9. The number of benzene rings is 1. The molecule has 0 aliphatic heterocycles. The van der Waals surface area contributed by atoms with Gasteiger partial charge in [-0.15, -0.1) is 0 Å². The van der Waals surface area contributed by atoms with Gasteiger partial charge in [0.2, 0.25) is 6.20 Å². The zero-order valence-electron chi connectivity index (χ0n) is 16.0. The Hall–Kier alpha value is -3.53. The molecule has 17 heteroatoms. The second kappa shape index (κ2) is 9.38. The number of halogens is 11. The van der Waals surface area contributed by atoms with Gasteiger partial charge in [-0.25, -0.2) is 8.78 Å². The fraction of sp³-hybridized carbons (Fsp3) is 0.294. The summed E-state index contributed by atoms with van der Waals surface area (Å²) in [5, 5.41) is 21.4. The molecule has 0 fully saturated rings. The molecule has 0 amide bonds. The van der Waals surface area contributed by atoms with Gasteiger partial charge in [-0.1, -0.05) is 5.16 Å². The predicted molar refractivity (Wildman–Crippen MR) is 87.2 cm³/mol. The van der Waals surface area contributed by atoms with Gasteiger partial charge in [-0.05, 0) is 23.8 Å². The van der Waals surface area contributed by atoms with Gasteiger partial charge in [0, 0.05) is 16.3 Å². The first-order chi connectivity index (χ1) is 15.5. The lowest BCUT2D eigenvalue weighted by Gasteiger charge is -2.32. The van der Waals surface area contributed by atoms with Gasteiger partial charge >= 0.3 is 23.9 Å². The van der Waals surface area contributed by atoms with Crippen molar-refractivity contribution in [1.29, 1.82) is 0 Å². The highest BCUT2D eigenvalue weighted by Gasteiger charge is 2.82. The van der Waals surface area contributed by atoms with E-state index >= 15 is 0 Å². The summed E-state index contributed by atoms with van der Waals surface area (Å²) in [6.07, 6.45) is -4.57. The molecule has 0 spiro atoms. The van der Waals surface area contributed by atoms with Crippen LogP contribution in [0.1, 0.15) is 11.1 Å². The molecule has 2 aromatic rings. The Kier molecular flexibility index (Phi) is 7.37. The summed E-state index contributed by atoms with van der Waals surface area (Å²) in [7, 11) is 0. The zero-order valence-corrected chi connectivity index (χ0v) is 16.0. The van der Waals surface area contributed by atoms with Crippen molar-refractivity contribution in [3.05, 3.63) is 59.4 Å². The first-order valence-corrected chi connectivity index (χ1v) is 8.45. The van der Waals surface area contributed by atoms with Crippen molar-refractivity contribution in [3.63, 3.8) is 0 Å². The number of nitrogens with zero attached hydrogens (tertiary/aromatic N) is 4. The highest BCUT2D eigenvalue weighted by atomic mass is 19.4. The Morgan fingerprint density at radius 1 is 0.971 bits per heavy atom. The Morgan fingerprint density at radius 3 is 2.06 bits per heavy atom. The number of hydrogen-bond donors (Lipinski definition) is 0. The van der Waals surface area contributed by atoms with E-state index in [1.165, 1.54) is 24.5 Å².